The number of aryl methyl sites for hydroxylation is 2. The van der Waals surface area contributed by atoms with Crippen molar-refractivity contribution in [2.24, 2.45) is 0 Å². The smallest absolute Gasteiger partial charge is 0.259 e. The van der Waals surface area contributed by atoms with Crippen LogP contribution in [0, 0.1) is 13.8 Å². The molecule has 110 valence electrons. The maximum Gasteiger partial charge on any atom is 0.259 e. The molecule has 21 heavy (non-hydrogen) atoms. The van der Waals surface area contributed by atoms with E-state index in [9.17, 15) is 4.79 Å². The predicted octanol–water partition coefficient (Wildman–Crippen LogP) is 3.72. The van der Waals surface area contributed by atoms with Crippen LogP contribution in [0.4, 0.5) is 0 Å². The topological polar surface area (TPSA) is 57.8 Å². The summed E-state index contributed by atoms with van der Waals surface area (Å²) < 4.78 is 1.10. The molecule has 0 atom stereocenters. The van der Waals surface area contributed by atoms with Crippen molar-refractivity contribution < 1.29 is 0 Å². The number of aromatic nitrogens is 2. The van der Waals surface area contributed by atoms with Crippen molar-refractivity contribution in [3.63, 3.8) is 0 Å². The molecule has 0 aliphatic heterocycles. The first-order valence-electron chi connectivity index (χ1n) is 6.47. The molecule has 0 radical (unpaired) electrons. The molecule has 2 N–H and O–H groups in total. The molecule has 0 saturated carbocycles. The molecule has 0 saturated heterocycles. The molecule has 0 aliphatic carbocycles. The van der Waals surface area contributed by atoms with Gasteiger partial charge in [0.25, 0.3) is 5.56 Å². The first-order chi connectivity index (χ1) is 10.0. The lowest BCUT2D eigenvalue weighted by Gasteiger charge is -2.03. The van der Waals surface area contributed by atoms with Crippen molar-refractivity contribution in [3.05, 3.63) is 47.4 Å². The van der Waals surface area contributed by atoms with E-state index < -0.39 is 0 Å². The fraction of sp³-hybridized carbons (Fsp3) is 0.286. The third kappa shape index (κ3) is 3.11. The highest BCUT2D eigenvalue weighted by atomic mass is 79.9. The third-order valence-corrected chi connectivity index (χ3v) is 6.10. The van der Waals surface area contributed by atoms with E-state index in [0.717, 1.165) is 31.7 Å². The highest BCUT2D eigenvalue weighted by Gasteiger charge is 2.11. The normalized spacial score (nSPS) is 11.4. The predicted molar refractivity (Wildman–Crippen MR) is 92.3 cm³/mol. The van der Waals surface area contributed by atoms with Crippen molar-refractivity contribution in [2.45, 2.75) is 26.9 Å². The number of aromatic amines is 1. The van der Waals surface area contributed by atoms with E-state index in [1.165, 1.54) is 4.88 Å². The second kappa shape index (κ2) is 6.00. The Kier molecular flexibility index (Phi) is 4.26. The van der Waals surface area contributed by atoms with Gasteiger partial charge in [-0.05, 0) is 41.4 Å². The summed E-state index contributed by atoms with van der Waals surface area (Å²) in [6.07, 6.45) is 0. The van der Waals surface area contributed by atoms with Crippen LogP contribution in [-0.4, -0.2) is 9.97 Å². The van der Waals surface area contributed by atoms with Crippen LogP contribution >= 0.6 is 38.6 Å². The van der Waals surface area contributed by atoms with E-state index in [1.54, 1.807) is 22.7 Å². The Morgan fingerprint density at radius 3 is 2.90 bits per heavy atom. The number of thiophene rings is 2. The summed E-state index contributed by atoms with van der Waals surface area (Å²) in [5, 5.41) is 6.09. The minimum absolute atomic E-state index is 0.0440. The molecule has 3 heterocycles. The lowest BCUT2D eigenvalue weighted by molar-refractivity contribution is 0.669. The van der Waals surface area contributed by atoms with Crippen molar-refractivity contribution in [1.82, 2.24) is 15.3 Å². The summed E-state index contributed by atoms with van der Waals surface area (Å²) >= 11 is 6.71. The first-order valence-corrected chi connectivity index (χ1v) is 8.96. The molecule has 0 unspecified atom stereocenters. The zero-order chi connectivity index (χ0) is 15.0. The summed E-state index contributed by atoms with van der Waals surface area (Å²) in [6.45, 7) is 5.31. The Hall–Kier alpha value is -1.02. The molecule has 0 aromatic carbocycles. The Morgan fingerprint density at radius 1 is 1.38 bits per heavy atom. The van der Waals surface area contributed by atoms with Crippen LogP contribution in [0.1, 0.15) is 21.1 Å². The van der Waals surface area contributed by atoms with E-state index in [1.807, 2.05) is 13.8 Å². The number of nitrogens with one attached hydrogen (secondary N) is 2. The van der Waals surface area contributed by atoms with Crippen LogP contribution in [0.5, 0.6) is 0 Å². The number of rotatable bonds is 4. The average molecular weight is 384 g/mol. The number of hydrogen-bond donors (Lipinski definition) is 2. The van der Waals surface area contributed by atoms with Gasteiger partial charge in [-0.15, -0.1) is 22.7 Å². The van der Waals surface area contributed by atoms with E-state index in [4.69, 9.17) is 0 Å². The fourth-order valence-electron chi connectivity index (χ4n) is 2.13. The van der Waals surface area contributed by atoms with E-state index in [2.05, 4.69) is 42.7 Å². The minimum atomic E-state index is -0.0440. The van der Waals surface area contributed by atoms with Gasteiger partial charge in [-0.25, -0.2) is 4.98 Å². The number of fused-ring (bicyclic) bond motifs is 1. The van der Waals surface area contributed by atoms with Gasteiger partial charge < -0.3 is 10.3 Å². The average Bonchev–Trinajstić information content (AvgIpc) is 2.95. The second-order valence-electron chi connectivity index (χ2n) is 4.81. The van der Waals surface area contributed by atoms with Crippen molar-refractivity contribution in [3.8, 4) is 0 Å². The molecule has 0 fully saturated rings. The van der Waals surface area contributed by atoms with E-state index >= 15 is 0 Å². The van der Waals surface area contributed by atoms with Crippen LogP contribution in [0.15, 0.2) is 20.7 Å². The maximum atomic E-state index is 12.1. The van der Waals surface area contributed by atoms with Gasteiger partial charge in [0.05, 0.1) is 11.9 Å². The van der Waals surface area contributed by atoms with Crippen LogP contribution in [0.2, 0.25) is 0 Å². The number of nitrogens with zero attached hydrogens (tertiary/aromatic N) is 1. The quantitative estimate of drug-likeness (QED) is 0.721. The molecule has 0 bridgehead atoms. The molecule has 0 spiro atoms. The first kappa shape index (κ1) is 14.9. The summed E-state index contributed by atoms with van der Waals surface area (Å²) in [6, 6.07) is 2.09. The lowest BCUT2D eigenvalue weighted by Crippen LogP contribution is -2.18. The van der Waals surface area contributed by atoms with Gasteiger partial charge in [0, 0.05) is 26.2 Å². The van der Waals surface area contributed by atoms with Crippen LogP contribution < -0.4 is 10.9 Å². The molecule has 0 amide bonds. The van der Waals surface area contributed by atoms with Gasteiger partial charge in [-0.1, -0.05) is 0 Å². The molecular weight excluding hydrogens is 370 g/mol. The molecule has 3 aromatic heterocycles. The Balaban J connectivity index is 1.77. The Bertz CT molecular complexity index is 850. The second-order valence-corrected chi connectivity index (χ2v) is 7.93. The number of halogens is 1. The minimum Gasteiger partial charge on any atom is -0.309 e. The van der Waals surface area contributed by atoms with Gasteiger partial charge in [0.15, 0.2) is 0 Å². The maximum absolute atomic E-state index is 12.1. The monoisotopic (exact) mass is 383 g/mol. The van der Waals surface area contributed by atoms with Crippen LogP contribution in [0.25, 0.3) is 10.2 Å². The summed E-state index contributed by atoms with van der Waals surface area (Å²) in [4.78, 5) is 22.8. The van der Waals surface area contributed by atoms with E-state index in [0.29, 0.717) is 12.4 Å². The van der Waals surface area contributed by atoms with Crippen LogP contribution in [-0.2, 0) is 13.1 Å². The van der Waals surface area contributed by atoms with Gasteiger partial charge in [0.2, 0.25) is 0 Å². The Labute approximate surface area is 138 Å². The van der Waals surface area contributed by atoms with Gasteiger partial charge >= 0.3 is 0 Å². The van der Waals surface area contributed by atoms with Gasteiger partial charge in [-0.3, -0.25) is 4.79 Å². The lowest BCUT2D eigenvalue weighted by atomic mass is 10.2. The number of hydrogen-bond acceptors (Lipinski definition) is 5. The summed E-state index contributed by atoms with van der Waals surface area (Å²) in [5.41, 5.74) is 0.990. The van der Waals surface area contributed by atoms with Gasteiger partial charge in [0.1, 0.15) is 10.7 Å². The summed E-state index contributed by atoms with van der Waals surface area (Å²) in [5.74, 6) is 0.685. The zero-order valence-electron chi connectivity index (χ0n) is 11.6. The van der Waals surface area contributed by atoms with Crippen LogP contribution in [0.3, 0.4) is 0 Å². The molecular formula is C14H14BrN3OS2. The highest BCUT2D eigenvalue weighted by Crippen LogP contribution is 2.25. The SMILES string of the molecule is Cc1sc2nc(CNCc3cc(Br)cs3)[nH]c(=O)c2c1C. The molecule has 4 nitrogen and oxygen atoms in total. The van der Waals surface area contributed by atoms with Crippen molar-refractivity contribution in [2.75, 3.05) is 0 Å². The fourth-order valence-corrected chi connectivity index (χ4v) is 4.60. The molecule has 7 heteroatoms. The molecule has 3 aromatic rings. The molecule has 3 rings (SSSR count). The largest absolute Gasteiger partial charge is 0.309 e. The molecule has 0 aliphatic rings. The number of H-pyrrole nitrogens is 1. The third-order valence-electron chi connectivity index (χ3n) is 3.30. The van der Waals surface area contributed by atoms with Crippen molar-refractivity contribution >= 4 is 48.8 Å². The van der Waals surface area contributed by atoms with Gasteiger partial charge in [-0.2, -0.15) is 0 Å². The van der Waals surface area contributed by atoms with Crippen molar-refractivity contribution in [1.29, 1.82) is 0 Å². The zero-order valence-corrected chi connectivity index (χ0v) is 14.8. The highest BCUT2D eigenvalue weighted by molar-refractivity contribution is 9.10. The summed E-state index contributed by atoms with van der Waals surface area (Å²) in [7, 11) is 0. The van der Waals surface area contributed by atoms with E-state index in [-0.39, 0.29) is 5.56 Å². The standard InChI is InChI=1S/C14H14BrN3OS2/c1-7-8(2)21-14-12(7)13(19)17-11(18-14)5-16-4-10-3-9(15)6-20-10/h3,6,16H,4-5H2,1-2H3,(H,17,18,19). The Morgan fingerprint density at radius 2 is 2.19 bits per heavy atom.